The Labute approximate surface area is 111 Å². The fourth-order valence-electron chi connectivity index (χ4n) is 2.69. The number of hydrogen-bond acceptors (Lipinski definition) is 2. The van der Waals surface area contributed by atoms with Crippen molar-refractivity contribution in [2.45, 2.75) is 46.1 Å². The summed E-state index contributed by atoms with van der Waals surface area (Å²) >= 11 is 0. The number of halogens is 1. The normalized spacial score (nSPS) is 27.4. The Kier molecular flexibility index (Phi) is 4.85. The summed E-state index contributed by atoms with van der Waals surface area (Å²) in [6.07, 6.45) is 3.48. The number of piperidine rings is 1. The summed E-state index contributed by atoms with van der Waals surface area (Å²) in [7, 11) is 0. The predicted octanol–water partition coefficient (Wildman–Crippen LogP) is 1.96. The van der Waals surface area contributed by atoms with Gasteiger partial charge in [-0.15, -0.1) is 12.4 Å². The maximum atomic E-state index is 12.1. The molecule has 2 fully saturated rings. The summed E-state index contributed by atoms with van der Waals surface area (Å²) in [5.41, 5.74) is 0.367. The topological polar surface area (TPSA) is 41.1 Å². The van der Waals surface area contributed by atoms with Gasteiger partial charge in [0, 0.05) is 12.0 Å². The van der Waals surface area contributed by atoms with E-state index in [4.69, 9.17) is 0 Å². The van der Waals surface area contributed by atoms with Crippen LogP contribution in [-0.2, 0) is 4.79 Å². The van der Waals surface area contributed by atoms with Gasteiger partial charge in [-0.2, -0.15) is 0 Å². The smallest absolute Gasteiger partial charge is 0.223 e. The molecule has 1 amide bonds. The predicted molar refractivity (Wildman–Crippen MR) is 72.3 cm³/mol. The van der Waals surface area contributed by atoms with Crippen molar-refractivity contribution in [3.05, 3.63) is 0 Å². The van der Waals surface area contributed by atoms with E-state index in [2.05, 4.69) is 31.4 Å². The first-order chi connectivity index (χ1) is 7.55. The summed E-state index contributed by atoms with van der Waals surface area (Å²) in [4.78, 5) is 12.1. The number of carbonyl (C=O) groups excluding carboxylic acids is 1. The maximum absolute atomic E-state index is 12.1. The van der Waals surface area contributed by atoms with Gasteiger partial charge in [-0.3, -0.25) is 4.79 Å². The van der Waals surface area contributed by atoms with Crippen LogP contribution in [0.3, 0.4) is 0 Å². The van der Waals surface area contributed by atoms with Gasteiger partial charge in [0.2, 0.25) is 5.91 Å². The van der Waals surface area contributed by atoms with E-state index in [1.165, 1.54) is 12.8 Å². The number of rotatable bonds is 3. The molecule has 2 atom stereocenters. The van der Waals surface area contributed by atoms with Crippen molar-refractivity contribution in [2.75, 3.05) is 13.1 Å². The first kappa shape index (κ1) is 14.8. The molecular formula is C13H25ClN2O. The minimum absolute atomic E-state index is 0. The Morgan fingerprint density at radius 2 is 1.88 bits per heavy atom. The van der Waals surface area contributed by atoms with Crippen LogP contribution in [-0.4, -0.2) is 25.0 Å². The highest BCUT2D eigenvalue weighted by Crippen LogP contribution is 2.58. The van der Waals surface area contributed by atoms with E-state index in [-0.39, 0.29) is 12.4 Å². The zero-order valence-corrected chi connectivity index (χ0v) is 11.9. The summed E-state index contributed by atoms with van der Waals surface area (Å²) in [5.74, 6) is 1.12. The molecule has 0 radical (unpaired) electrons. The van der Waals surface area contributed by atoms with Crippen molar-refractivity contribution in [2.24, 2.45) is 17.3 Å². The molecule has 2 rings (SSSR count). The summed E-state index contributed by atoms with van der Waals surface area (Å²) < 4.78 is 0. The molecule has 0 aromatic heterocycles. The molecule has 4 heteroatoms. The van der Waals surface area contributed by atoms with Crippen molar-refractivity contribution in [1.82, 2.24) is 10.6 Å². The Hall–Kier alpha value is -0.280. The molecule has 1 heterocycles. The van der Waals surface area contributed by atoms with E-state index in [1.807, 2.05) is 0 Å². The van der Waals surface area contributed by atoms with E-state index >= 15 is 0 Å². The van der Waals surface area contributed by atoms with Crippen LogP contribution in [0.25, 0.3) is 0 Å². The maximum Gasteiger partial charge on any atom is 0.223 e. The Morgan fingerprint density at radius 1 is 1.29 bits per heavy atom. The summed E-state index contributed by atoms with van der Waals surface area (Å²) in [5, 5.41) is 6.52. The second-order valence-corrected chi connectivity index (χ2v) is 5.91. The molecule has 0 aromatic carbocycles. The van der Waals surface area contributed by atoms with Crippen LogP contribution in [0.1, 0.15) is 40.0 Å². The fourth-order valence-corrected chi connectivity index (χ4v) is 2.69. The van der Waals surface area contributed by atoms with Gasteiger partial charge >= 0.3 is 0 Å². The minimum Gasteiger partial charge on any atom is -0.353 e. The third-order valence-corrected chi connectivity index (χ3v) is 4.48. The molecule has 2 aliphatic rings. The van der Waals surface area contributed by atoms with Crippen molar-refractivity contribution in [3.63, 3.8) is 0 Å². The van der Waals surface area contributed by atoms with Gasteiger partial charge in [-0.25, -0.2) is 0 Å². The Balaban J connectivity index is 0.00000144. The van der Waals surface area contributed by atoms with Gasteiger partial charge < -0.3 is 10.6 Å². The lowest BCUT2D eigenvalue weighted by molar-refractivity contribution is -0.124. The highest BCUT2D eigenvalue weighted by molar-refractivity contribution is 5.85. The monoisotopic (exact) mass is 260 g/mol. The number of hydrogen-bond donors (Lipinski definition) is 2. The number of carbonyl (C=O) groups is 1. The first-order valence-corrected chi connectivity index (χ1v) is 6.56. The largest absolute Gasteiger partial charge is 0.353 e. The van der Waals surface area contributed by atoms with Gasteiger partial charge in [0.1, 0.15) is 0 Å². The lowest BCUT2D eigenvalue weighted by Gasteiger charge is -2.24. The van der Waals surface area contributed by atoms with Gasteiger partial charge in [-0.05, 0) is 50.6 Å². The van der Waals surface area contributed by atoms with Crippen molar-refractivity contribution < 1.29 is 4.79 Å². The molecule has 1 saturated carbocycles. The van der Waals surface area contributed by atoms with E-state index in [0.717, 1.165) is 19.5 Å². The van der Waals surface area contributed by atoms with Gasteiger partial charge in [0.25, 0.3) is 0 Å². The molecule has 1 aliphatic heterocycles. The standard InChI is InChI=1S/C13H24N2O.ClH/c1-9(2)10(3)15-12(16)11-8-13(11)4-6-14-7-5-13;/h9-11,14H,4-8H2,1-3H3,(H,15,16);1H. The molecule has 17 heavy (non-hydrogen) atoms. The highest BCUT2D eigenvalue weighted by Gasteiger charge is 2.57. The number of amides is 1. The van der Waals surface area contributed by atoms with Gasteiger partial charge in [-0.1, -0.05) is 13.8 Å². The molecule has 1 saturated heterocycles. The third-order valence-electron chi connectivity index (χ3n) is 4.48. The van der Waals surface area contributed by atoms with Crippen LogP contribution in [0.5, 0.6) is 0 Å². The van der Waals surface area contributed by atoms with Crippen LogP contribution in [0.2, 0.25) is 0 Å². The zero-order valence-electron chi connectivity index (χ0n) is 11.1. The lowest BCUT2D eigenvalue weighted by Crippen LogP contribution is -2.39. The van der Waals surface area contributed by atoms with Gasteiger partial charge in [0.15, 0.2) is 0 Å². The average molecular weight is 261 g/mol. The lowest BCUT2D eigenvalue weighted by atomic mass is 9.91. The van der Waals surface area contributed by atoms with E-state index < -0.39 is 0 Å². The van der Waals surface area contributed by atoms with Gasteiger partial charge in [0.05, 0.1) is 0 Å². The van der Waals surface area contributed by atoms with Crippen LogP contribution in [0.4, 0.5) is 0 Å². The van der Waals surface area contributed by atoms with Crippen molar-refractivity contribution in [1.29, 1.82) is 0 Å². The van der Waals surface area contributed by atoms with Crippen LogP contribution >= 0.6 is 12.4 Å². The minimum atomic E-state index is 0. The van der Waals surface area contributed by atoms with E-state index in [1.54, 1.807) is 0 Å². The molecule has 1 aliphatic carbocycles. The van der Waals surface area contributed by atoms with Crippen LogP contribution < -0.4 is 10.6 Å². The SMILES string of the molecule is CC(C)C(C)NC(=O)C1CC12CCNCC2.Cl. The second kappa shape index (κ2) is 5.57. The first-order valence-electron chi connectivity index (χ1n) is 6.56. The Morgan fingerprint density at radius 3 is 2.41 bits per heavy atom. The fraction of sp³-hybridized carbons (Fsp3) is 0.923. The number of nitrogens with one attached hydrogen (secondary N) is 2. The molecule has 2 N–H and O–H groups in total. The molecular weight excluding hydrogens is 236 g/mol. The molecule has 100 valence electrons. The third kappa shape index (κ3) is 3.14. The zero-order chi connectivity index (χ0) is 11.8. The van der Waals surface area contributed by atoms with Crippen LogP contribution in [0.15, 0.2) is 0 Å². The molecule has 3 nitrogen and oxygen atoms in total. The van der Waals surface area contributed by atoms with Crippen molar-refractivity contribution >= 4 is 18.3 Å². The van der Waals surface area contributed by atoms with Crippen LogP contribution in [0, 0.1) is 17.3 Å². The second-order valence-electron chi connectivity index (χ2n) is 5.91. The molecule has 2 unspecified atom stereocenters. The quantitative estimate of drug-likeness (QED) is 0.815. The Bertz CT molecular complexity index is 275. The summed E-state index contributed by atoms with van der Waals surface area (Å²) in [6, 6.07) is 0.298. The molecule has 0 aromatic rings. The summed E-state index contributed by atoms with van der Waals surface area (Å²) in [6.45, 7) is 8.57. The van der Waals surface area contributed by atoms with Crippen molar-refractivity contribution in [3.8, 4) is 0 Å². The van der Waals surface area contributed by atoms with E-state index in [0.29, 0.717) is 29.2 Å². The molecule has 1 spiro atoms. The average Bonchev–Trinajstić information content (AvgIpc) is 2.93. The highest BCUT2D eigenvalue weighted by atomic mass is 35.5. The van der Waals surface area contributed by atoms with E-state index in [9.17, 15) is 4.79 Å². The molecule has 0 bridgehead atoms.